The van der Waals surface area contributed by atoms with Gasteiger partial charge in [-0.05, 0) is 38.5 Å². The quantitative estimate of drug-likeness (QED) is 0.716. The van der Waals surface area contributed by atoms with Gasteiger partial charge in [-0.1, -0.05) is 33.1 Å². The van der Waals surface area contributed by atoms with Crippen molar-refractivity contribution in [3.05, 3.63) is 0 Å². The zero-order chi connectivity index (χ0) is 13.5. The minimum Gasteiger partial charge on any atom is -0.353 e. The second-order valence-electron chi connectivity index (χ2n) is 6.09. The lowest BCUT2D eigenvalue weighted by Crippen LogP contribution is -2.47. The van der Waals surface area contributed by atoms with Crippen molar-refractivity contribution in [2.45, 2.75) is 77.8 Å². The molecule has 1 amide bonds. The van der Waals surface area contributed by atoms with E-state index in [2.05, 4.69) is 26.1 Å². The molecule has 4 atom stereocenters. The third-order valence-electron chi connectivity index (χ3n) is 4.13. The molecular formula is C15H30N2O. The highest BCUT2D eigenvalue weighted by Crippen LogP contribution is 2.28. The molecule has 0 aromatic rings. The van der Waals surface area contributed by atoms with Crippen molar-refractivity contribution in [1.29, 1.82) is 0 Å². The molecule has 1 rings (SSSR count). The van der Waals surface area contributed by atoms with Crippen LogP contribution in [0.25, 0.3) is 0 Å². The number of carbonyl (C=O) groups is 1. The van der Waals surface area contributed by atoms with Gasteiger partial charge in [-0.25, -0.2) is 0 Å². The molecule has 0 aromatic heterocycles. The smallest absolute Gasteiger partial charge is 0.224 e. The first-order chi connectivity index (χ1) is 8.54. The summed E-state index contributed by atoms with van der Waals surface area (Å²) in [5, 5.41) is 3.14. The fourth-order valence-electron chi connectivity index (χ4n) is 2.83. The zero-order valence-electron chi connectivity index (χ0n) is 12.2. The Morgan fingerprint density at radius 1 is 1.39 bits per heavy atom. The molecule has 3 N–H and O–H groups in total. The Bertz CT molecular complexity index is 255. The average molecular weight is 254 g/mol. The van der Waals surface area contributed by atoms with Crippen molar-refractivity contribution >= 4 is 5.91 Å². The van der Waals surface area contributed by atoms with Crippen LogP contribution in [0, 0.1) is 11.8 Å². The standard InChI is InChI=1S/C15H30N2O/c1-4-5-6-7-12(3)17-15(18)13-10-11(2)8-9-14(13)16/h11-14H,4-10,16H2,1-3H3,(H,17,18). The Morgan fingerprint density at radius 3 is 2.78 bits per heavy atom. The molecule has 0 spiro atoms. The molecule has 3 heteroatoms. The van der Waals surface area contributed by atoms with Crippen LogP contribution in [0.15, 0.2) is 0 Å². The van der Waals surface area contributed by atoms with Gasteiger partial charge in [0.05, 0.1) is 5.92 Å². The lowest BCUT2D eigenvalue weighted by Gasteiger charge is -2.32. The molecule has 3 nitrogen and oxygen atoms in total. The second-order valence-corrected chi connectivity index (χ2v) is 6.09. The largest absolute Gasteiger partial charge is 0.353 e. The predicted octanol–water partition coefficient (Wildman–Crippen LogP) is 2.83. The highest BCUT2D eigenvalue weighted by Gasteiger charge is 2.31. The summed E-state index contributed by atoms with van der Waals surface area (Å²) in [6.07, 6.45) is 7.86. The summed E-state index contributed by atoms with van der Waals surface area (Å²) in [6, 6.07) is 0.345. The van der Waals surface area contributed by atoms with Gasteiger partial charge in [0.25, 0.3) is 0 Å². The van der Waals surface area contributed by atoms with Crippen LogP contribution in [0.1, 0.15) is 65.7 Å². The second kappa shape index (κ2) is 7.78. The maximum atomic E-state index is 12.2. The molecular weight excluding hydrogens is 224 g/mol. The van der Waals surface area contributed by atoms with Crippen molar-refractivity contribution in [3.8, 4) is 0 Å². The predicted molar refractivity (Wildman–Crippen MR) is 76.2 cm³/mol. The van der Waals surface area contributed by atoms with Crippen molar-refractivity contribution in [2.24, 2.45) is 17.6 Å². The number of unbranched alkanes of at least 4 members (excludes halogenated alkanes) is 2. The number of hydrogen-bond acceptors (Lipinski definition) is 2. The lowest BCUT2D eigenvalue weighted by atomic mass is 9.78. The van der Waals surface area contributed by atoms with Gasteiger partial charge < -0.3 is 11.1 Å². The number of nitrogens with one attached hydrogen (secondary N) is 1. The maximum absolute atomic E-state index is 12.2. The first kappa shape index (κ1) is 15.5. The number of amides is 1. The number of nitrogens with two attached hydrogens (primary N) is 1. The molecule has 106 valence electrons. The summed E-state index contributed by atoms with van der Waals surface area (Å²) in [7, 11) is 0. The van der Waals surface area contributed by atoms with E-state index < -0.39 is 0 Å². The molecule has 4 unspecified atom stereocenters. The zero-order valence-corrected chi connectivity index (χ0v) is 12.2. The Kier molecular flexibility index (Phi) is 6.69. The summed E-state index contributed by atoms with van der Waals surface area (Å²) >= 11 is 0. The van der Waals surface area contributed by atoms with E-state index in [-0.39, 0.29) is 23.9 Å². The molecule has 0 radical (unpaired) electrons. The molecule has 0 saturated heterocycles. The number of hydrogen-bond donors (Lipinski definition) is 2. The van der Waals surface area contributed by atoms with E-state index in [1.807, 2.05) is 0 Å². The Morgan fingerprint density at radius 2 is 2.11 bits per heavy atom. The number of carbonyl (C=O) groups excluding carboxylic acids is 1. The van der Waals surface area contributed by atoms with Crippen molar-refractivity contribution in [3.63, 3.8) is 0 Å². The lowest BCUT2D eigenvalue weighted by molar-refractivity contribution is -0.127. The van der Waals surface area contributed by atoms with Crippen LogP contribution in [0.4, 0.5) is 0 Å². The molecule has 0 aliphatic heterocycles. The fourth-order valence-corrected chi connectivity index (χ4v) is 2.83. The van der Waals surface area contributed by atoms with Gasteiger partial charge in [0.15, 0.2) is 0 Å². The Balaban J connectivity index is 2.34. The van der Waals surface area contributed by atoms with Crippen molar-refractivity contribution in [2.75, 3.05) is 0 Å². The van der Waals surface area contributed by atoms with Crippen LogP contribution in [0.2, 0.25) is 0 Å². The number of rotatable bonds is 6. The Labute approximate surface area is 112 Å². The molecule has 1 saturated carbocycles. The first-order valence-corrected chi connectivity index (χ1v) is 7.60. The molecule has 0 aromatic carbocycles. The fraction of sp³-hybridized carbons (Fsp3) is 0.933. The molecule has 1 fully saturated rings. The first-order valence-electron chi connectivity index (χ1n) is 7.60. The van der Waals surface area contributed by atoms with Crippen LogP contribution in [-0.2, 0) is 4.79 Å². The van der Waals surface area contributed by atoms with E-state index in [4.69, 9.17) is 5.73 Å². The van der Waals surface area contributed by atoms with Crippen molar-refractivity contribution < 1.29 is 4.79 Å². The molecule has 1 aliphatic rings. The van der Waals surface area contributed by atoms with Crippen molar-refractivity contribution in [1.82, 2.24) is 5.32 Å². The highest BCUT2D eigenvalue weighted by molar-refractivity contribution is 5.79. The highest BCUT2D eigenvalue weighted by atomic mass is 16.2. The molecule has 18 heavy (non-hydrogen) atoms. The third kappa shape index (κ3) is 4.97. The minimum atomic E-state index is 0.0300. The molecule has 0 bridgehead atoms. The maximum Gasteiger partial charge on any atom is 0.224 e. The Hall–Kier alpha value is -0.570. The van der Waals surface area contributed by atoms with Crippen LogP contribution >= 0.6 is 0 Å². The van der Waals surface area contributed by atoms with Gasteiger partial charge in [-0.2, -0.15) is 0 Å². The van der Waals surface area contributed by atoms with Crippen LogP contribution < -0.4 is 11.1 Å². The van der Waals surface area contributed by atoms with E-state index >= 15 is 0 Å². The van der Waals surface area contributed by atoms with Gasteiger partial charge in [-0.3, -0.25) is 4.79 Å². The summed E-state index contributed by atoms with van der Waals surface area (Å²) < 4.78 is 0. The van der Waals surface area contributed by atoms with Gasteiger partial charge in [0.2, 0.25) is 5.91 Å². The molecule has 0 heterocycles. The topological polar surface area (TPSA) is 55.1 Å². The van der Waals surface area contributed by atoms with E-state index in [1.54, 1.807) is 0 Å². The monoisotopic (exact) mass is 254 g/mol. The van der Waals surface area contributed by atoms with E-state index in [1.165, 1.54) is 19.3 Å². The van der Waals surface area contributed by atoms with Gasteiger partial charge in [0.1, 0.15) is 0 Å². The summed E-state index contributed by atoms with van der Waals surface area (Å²) in [4.78, 5) is 12.2. The minimum absolute atomic E-state index is 0.0300. The van der Waals surface area contributed by atoms with Gasteiger partial charge >= 0.3 is 0 Å². The molecule has 1 aliphatic carbocycles. The SMILES string of the molecule is CCCCCC(C)NC(=O)C1CC(C)CCC1N. The van der Waals surface area contributed by atoms with Crippen LogP contribution in [0.3, 0.4) is 0 Å². The van der Waals surface area contributed by atoms with Gasteiger partial charge in [-0.15, -0.1) is 0 Å². The van der Waals surface area contributed by atoms with E-state index in [0.29, 0.717) is 5.92 Å². The van der Waals surface area contributed by atoms with Crippen LogP contribution in [-0.4, -0.2) is 18.0 Å². The average Bonchev–Trinajstić information content (AvgIpc) is 2.32. The third-order valence-corrected chi connectivity index (χ3v) is 4.13. The normalized spacial score (nSPS) is 29.9. The summed E-state index contributed by atoms with van der Waals surface area (Å²) in [5.41, 5.74) is 6.08. The van der Waals surface area contributed by atoms with E-state index in [9.17, 15) is 4.79 Å². The summed E-state index contributed by atoms with van der Waals surface area (Å²) in [5.74, 6) is 0.844. The summed E-state index contributed by atoms with van der Waals surface area (Å²) in [6.45, 7) is 6.52. The van der Waals surface area contributed by atoms with Gasteiger partial charge in [0, 0.05) is 12.1 Å². The van der Waals surface area contributed by atoms with E-state index in [0.717, 1.165) is 25.7 Å². The van der Waals surface area contributed by atoms with Crippen LogP contribution in [0.5, 0.6) is 0 Å².